The molecule has 0 spiro atoms. The van der Waals surface area contributed by atoms with Crippen molar-refractivity contribution >= 4 is 51.6 Å². The highest BCUT2D eigenvalue weighted by molar-refractivity contribution is 6.47. The van der Waals surface area contributed by atoms with Gasteiger partial charge in [0.05, 0.1) is 24.0 Å². The summed E-state index contributed by atoms with van der Waals surface area (Å²) >= 11 is 12.3. The van der Waals surface area contributed by atoms with E-state index in [1.54, 1.807) is 25.3 Å². The van der Waals surface area contributed by atoms with E-state index in [4.69, 9.17) is 32.4 Å². The van der Waals surface area contributed by atoms with Gasteiger partial charge in [0.2, 0.25) is 0 Å². The Labute approximate surface area is 210 Å². The van der Waals surface area contributed by atoms with E-state index in [1.807, 2.05) is 24.4 Å². The molecule has 178 valence electrons. The molecule has 2 aromatic heterocycles. The number of nitrogens with zero attached hydrogens (tertiary/aromatic N) is 1. The number of hydrogen-bond donors (Lipinski definition) is 2. The summed E-state index contributed by atoms with van der Waals surface area (Å²) in [6, 6.07) is 12.6. The van der Waals surface area contributed by atoms with E-state index in [0.29, 0.717) is 23.0 Å². The van der Waals surface area contributed by atoms with Gasteiger partial charge in [-0.3, -0.25) is 9.59 Å². The quantitative estimate of drug-likeness (QED) is 0.196. The molecule has 9 heteroatoms. The van der Waals surface area contributed by atoms with Crippen LogP contribution in [0, 0.1) is 0 Å². The summed E-state index contributed by atoms with van der Waals surface area (Å²) in [5.41, 5.74) is 2.01. The normalized spacial score (nSPS) is 17.5. The Hall–Kier alpha value is -3.68. The minimum Gasteiger partial charge on any atom is -0.507 e. The third kappa shape index (κ3) is 4.07. The van der Waals surface area contributed by atoms with Crippen molar-refractivity contribution < 1.29 is 23.8 Å². The molecule has 5 rings (SSSR count). The second-order valence-electron chi connectivity index (χ2n) is 8.11. The van der Waals surface area contributed by atoms with Crippen LogP contribution in [0.15, 0.2) is 71.0 Å². The number of aliphatic hydroxyl groups excluding tert-OH is 1. The zero-order valence-electron chi connectivity index (χ0n) is 18.5. The largest absolute Gasteiger partial charge is 0.507 e. The number of halogens is 2. The molecule has 0 bridgehead atoms. The molecule has 1 amide bonds. The maximum atomic E-state index is 13.1. The molecule has 0 saturated carbocycles. The molecule has 2 aromatic carbocycles. The van der Waals surface area contributed by atoms with E-state index >= 15 is 0 Å². The lowest BCUT2D eigenvalue weighted by atomic mass is 9.99. The number of benzene rings is 2. The van der Waals surface area contributed by atoms with E-state index in [2.05, 4.69) is 4.98 Å². The highest BCUT2D eigenvalue weighted by Crippen LogP contribution is 2.41. The predicted octanol–water partition coefficient (Wildman–Crippen LogP) is 5.74. The van der Waals surface area contributed by atoms with Gasteiger partial charge in [-0.25, -0.2) is 0 Å². The highest BCUT2D eigenvalue weighted by Gasteiger charge is 2.47. The van der Waals surface area contributed by atoms with E-state index in [9.17, 15) is 14.7 Å². The Kier molecular flexibility index (Phi) is 6.05. The fraction of sp³-hybridized carbons (Fsp3) is 0.154. The molecule has 1 atom stereocenters. The number of carbonyl (C=O) groups excluding carboxylic acids is 2. The van der Waals surface area contributed by atoms with Crippen molar-refractivity contribution in [2.45, 2.75) is 12.5 Å². The summed E-state index contributed by atoms with van der Waals surface area (Å²) in [5, 5.41) is 12.6. The number of ether oxygens (including phenoxy) is 1. The van der Waals surface area contributed by atoms with Gasteiger partial charge >= 0.3 is 0 Å². The van der Waals surface area contributed by atoms with Crippen LogP contribution in [0.4, 0.5) is 0 Å². The minimum absolute atomic E-state index is 0.0882. The molecule has 1 saturated heterocycles. The molecular weight excluding hydrogens is 491 g/mol. The number of methoxy groups -OCH3 is 1. The SMILES string of the molecule is COc1ccc2[nH]cc(CCN3C(=O)C(=O)/C(=C(\O)c4ccc(Cl)cc4Cl)C3c3ccco3)c2c1. The number of aromatic amines is 1. The number of nitrogens with one attached hydrogen (secondary N) is 1. The van der Waals surface area contributed by atoms with Gasteiger partial charge in [-0.2, -0.15) is 0 Å². The van der Waals surface area contributed by atoms with Gasteiger partial charge in [-0.1, -0.05) is 23.2 Å². The average molecular weight is 511 g/mol. The molecule has 3 heterocycles. The number of amides is 1. The molecule has 1 aliphatic heterocycles. The number of ketones is 1. The third-order valence-corrected chi connectivity index (χ3v) is 6.68. The number of Topliss-reactive ketones (excluding diaryl/α,β-unsaturated/α-hetero) is 1. The van der Waals surface area contributed by atoms with Gasteiger partial charge in [0, 0.05) is 34.2 Å². The Balaban J connectivity index is 1.54. The molecule has 4 aromatic rings. The topological polar surface area (TPSA) is 95.8 Å². The van der Waals surface area contributed by atoms with Crippen molar-refractivity contribution in [2.24, 2.45) is 0 Å². The van der Waals surface area contributed by atoms with Crippen LogP contribution in [-0.4, -0.2) is 40.3 Å². The number of H-pyrrole nitrogens is 1. The Morgan fingerprint density at radius 2 is 2.00 bits per heavy atom. The van der Waals surface area contributed by atoms with Crippen LogP contribution in [0.2, 0.25) is 10.0 Å². The number of likely N-dealkylation sites (tertiary alicyclic amines) is 1. The lowest BCUT2D eigenvalue weighted by molar-refractivity contribution is -0.140. The molecule has 0 radical (unpaired) electrons. The molecule has 0 aliphatic carbocycles. The van der Waals surface area contributed by atoms with Crippen LogP contribution in [-0.2, 0) is 16.0 Å². The van der Waals surface area contributed by atoms with Gasteiger partial charge < -0.3 is 24.1 Å². The number of aromatic nitrogens is 1. The number of hydrogen-bond acceptors (Lipinski definition) is 5. The lowest BCUT2D eigenvalue weighted by Crippen LogP contribution is -2.31. The van der Waals surface area contributed by atoms with Crippen LogP contribution < -0.4 is 4.74 Å². The summed E-state index contributed by atoms with van der Waals surface area (Å²) in [5.74, 6) is -0.845. The first-order chi connectivity index (χ1) is 16.9. The smallest absolute Gasteiger partial charge is 0.295 e. The first-order valence-electron chi connectivity index (χ1n) is 10.8. The molecule has 7 nitrogen and oxygen atoms in total. The van der Waals surface area contributed by atoms with Crippen LogP contribution in [0.3, 0.4) is 0 Å². The van der Waals surface area contributed by atoms with Gasteiger partial charge in [0.1, 0.15) is 23.3 Å². The minimum atomic E-state index is -0.906. The fourth-order valence-corrected chi connectivity index (χ4v) is 4.91. The van der Waals surface area contributed by atoms with Crippen molar-refractivity contribution in [3.05, 3.63) is 93.5 Å². The van der Waals surface area contributed by atoms with Gasteiger partial charge in [-0.15, -0.1) is 0 Å². The zero-order valence-corrected chi connectivity index (χ0v) is 20.1. The van der Waals surface area contributed by atoms with Gasteiger partial charge in [0.15, 0.2) is 0 Å². The molecule has 1 aliphatic rings. The maximum absolute atomic E-state index is 13.1. The zero-order chi connectivity index (χ0) is 24.7. The number of fused-ring (bicyclic) bond motifs is 1. The molecule has 2 N–H and O–H groups in total. The van der Waals surface area contributed by atoms with Crippen molar-refractivity contribution in [2.75, 3.05) is 13.7 Å². The summed E-state index contributed by atoms with van der Waals surface area (Å²) < 4.78 is 10.9. The third-order valence-electron chi connectivity index (χ3n) is 6.14. The van der Waals surface area contributed by atoms with E-state index < -0.39 is 17.7 Å². The summed E-state index contributed by atoms with van der Waals surface area (Å²) in [6.45, 7) is 0.214. The van der Waals surface area contributed by atoms with Crippen molar-refractivity contribution in [3.63, 3.8) is 0 Å². The first kappa shape index (κ1) is 23.1. The first-order valence-corrected chi connectivity index (χ1v) is 11.6. The maximum Gasteiger partial charge on any atom is 0.295 e. The number of furan rings is 1. The van der Waals surface area contributed by atoms with E-state index in [-0.39, 0.29) is 28.5 Å². The highest BCUT2D eigenvalue weighted by atomic mass is 35.5. The van der Waals surface area contributed by atoms with Crippen LogP contribution in [0.5, 0.6) is 5.75 Å². The van der Waals surface area contributed by atoms with Crippen LogP contribution in [0.1, 0.15) is 22.9 Å². The van der Waals surface area contributed by atoms with Gasteiger partial charge in [-0.05, 0) is 60.5 Å². The molecular formula is C26H20Cl2N2O5. The molecule has 1 unspecified atom stereocenters. The molecule has 35 heavy (non-hydrogen) atoms. The second kappa shape index (κ2) is 9.17. The van der Waals surface area contributed by atoms with Crippen molar-refractivity contribution in [1.29, 1.82) is 0 Å². The molecule has 1 fully saturated rings. The summed E-state index contributed by atoms with van der Waals surface area (Å²) in [6.07, 6.45) is 3.78. The summed E-state index contributed by atoms with van der Waals surface area (Å²) in [4.78, 5) is 30.9. The number of rotatable bonds is 6. The fourth-order valence-electron chi connectivity index (χ4n) is 4.41. The standard InChI is InChI=1S/C26H20Cl2N2O5/c1-34-16-5-7-20-18(12-16)14(13-29-20)8-9-30-23(21-3-2-10-35-21)22(25(32)26(30)33)24(31)17-6-4-15(27)11-19(17)28/h2-7,10-13,23,29,31H,8-9H2,1H3/b24-22-. The Bertz CT molecular complexity index is 1470. The average Bonchev–Trinajstić information content (AvgIpc) is 3.57. The number of carbonyl (C=O) groups is 2. The van der Waals surface area contributed by atoms with E-state index in [0.717, 1.165) is 16.5 Å². The monoisotopic (exact) mass is 510 g/mol. The number of aliphatic hydroxyl groups is 1. The van der Waals surface area contributed by atoms with Gasteiger partial charge in [0.25, 0.3) is 11.7 Å². The van der Waals surface area contributed by atoms with Crippen molar-refractivity contribution in [1.82, 2.24) is 9.88 Å². The Morgan fingerprint density at radius 3 is 2.71 bits per heavy atom. The second-order valence-corrected chi connectivity index (χ2v) is 8.95. The summed E-state index contributed by atoms with van der Waals surface area (Å²) in [7, 11) is 1.60. The van der Waals surface area contributed by atoms with Crippen molar-refractivity contribution in [3.8, 4) is 5.75 Å². The van der Waals surface area contributed by atoms with E-state index in [1.165, 1.54) is 23.3 Å². The van der Waals surface area contributed by atoms with Crippen LogP contribution in [0.25, 0.3) is 16.7 Å². The van der Waals surface area contributed by atoms with Crippen LogP contribution >= 0.6 is 23.2 Å². The Morgan fingerprint density at radius 1 is 1.17 bits per heavy atom. The lowest BCUT2D eigenvalue weighted by Gasteiger charge is -2.23. The predicted molar refractivity (Wildman–Crippen MR) is 133 cm³/mol.